The molecule has 31 heavy (non-hydrogen) atoms. The largest absolute Gasteiger partial charge is 0.326 e. The molecule has 0 aliphatic heterocycles. The molecule has 0 bridgehead atoms. The van der Waals surface area contributed by atoms with Crippen molar-refractivity contribution in [2.75, 3.05) is 0 Å². The first-order valence-electron chi connectivity index (χ1n) is 11.0. The number of benzene rings is 1. The van der Waals surface area contributed by atoms with Crippen molar-refractivity contribution in [3.63, 3.8) is 0 Å². The zero-order valence-electron chi connectivity index (χ0n) is 19.2. The fourth-order valence-electron chi connectivity index (χ4n) is 4.96. The molecule has 9 heteroatoms. The maximum absolute atomic E-state index is 11.8. The van der Waals surface area contributed by atoms with Crippen molar-refractivity contribution in [3.8, 4) is 0 Å². The Labute approximate surface area is 183 Å². The van der Waals surface area contributed by atoms with Gasteiger partial charge < -0.3 is 5.73 Å². The number of rotatable bonds is 7. The highest BCUT2D eigenvalue weighted by molar-refractivity contribution is 5.44. The van der Waals surface area contributed by atoms with Gasteiger partial charge >= 0.3 is 0 Å². The first-order chi connectivity index (χ1) is 14.5. The summed E-state index contributed by atoms with van der Waals surface area (Å²) in [5, 5.41) is 28.1. The molecule has 1 aromatic heterocycles. The predicted molar refractivity (Wildman–Crippen MR) is 120 cm³/mol. The molecule has 3 rings (SSSR count). The molecule has 3 atom stereocenters. The molecule has 3 unspecified atom stereocenters. The summed E-state index contributed by atoms with van der Waals surface area (Å²) in [5.41, 5.74) is 6.68. The molecule has 0 saturated heterocycles. The Morgan fingerprint density at radius 1 is 1.23 bits per heavy atom. The molecule has 170 valence electrons. The third-order valence-corrected chi connectivity index (χ3v) is 5.93. The summed E-state index contributed by atoms with van der Waals surface area (Å²) in [4.78, 5) is 11.5. The van der Waals surface area contributed by atoms with Crippen LogP contribution in [0, 0.1) is 15.5 Å². The lowest BCUT2D eigenvalue weighted by atomic mass is 9.81. The summed E-state index contributed by atoms with van der Waals surface area (Å²) in [6.07, 6.45) is 4.87. The van der Waals surface area contributed by atoms with Crippen LogP contribution in [0.25, 0.3) is 0 Å². The van der Waals surface area contributed by atoms with Crippen LogP contribution >= 0.6 is 0 Å². The van der Waals surface area contributed by atoms with Crippen molar-refractivity contribution in [1.29, 1.82) is 0 Å². The summed E-state index contributed by atoms with van der Waals surface area (Å²) in [6, 6.07) is 6.29. The Morgan fingerprint density at radius 3 is 2.55 bits per heavy atom. The number of hydrogen-bond donors (Lipinski definition) is 2. The van der Waals surface area contributed by atoms with Crippen LogP contribution < -0.4 is 11.1 Å². The van der Waals surface area contributed by atoms with E-state index in [9.17, 15) is 10.1 Å². The number of tetrazole rings is 1. The highest BCUT2D eigenvalue weighted by Crippen LogP contribution is 2.36. The van der Waals surface area contributed by atoms with Gasteiger partial charge in [-0.2, -0.15) is 0 Å². The molecule has 1 aliphatic carbocycles. The van der Waals surface area contributed by atoms with E-state index in [1.54, 1.807) is 12.1 Å². The molecule has 1 heterocycles. The minimum Gasteiger partial charge on any atom is -0.326 e. The molecular formula is C22H35N7O2. The topological polar surface area (TPSA) is 125 Å². The summed E-state index contributed by atoms with van der Waals surface area (Å²) in [5.74, 6) is 0.571. The molecule has 9 nitrogen and oxygen atoms in total. The number of nitro groups is 1. The Kier molecular flexibility index (Phi) is 6.76. The number of para-hydroxylation sites is 1. The van der Waals surface area contributed by atoms with E-state index >= 15 is 0 Å². The van der Waals surface area contributed by atoms with E-state index in [1.807, 2.05) is 10.7 Å². The van der Waals surface area contributed by atoms with Crippen LogP contribution in [-0.2, 0) is 5.54 Å². The summed E-state index contributed by atoms with van der Waals surface area (Å²) in [6.45, 7) is 10.7. The second-order valence-electron chi connectivity index (χ2n) is 10.5. The molecule has 1 aliphatic rings. The number of nitrogens with zero attached hydrogens (tertiary/aromatic N) is 5. The van der Waals surface area contributed by atoms with Crippen LogP contribution in [0.1, 0.15) is 84.2 Å². The maximum atomic E-state index is 11.8. The third kappa shape index (κ3) is 5.46. The number of hydrogen-bond acceptors (Lipinski definition) is 7. The molecule has 0 spiro atoms. The van der Waals surface area contributed by atoms with Crippen molar-refractivity contribution < 1.29 is 4.92 Å². The molecule has 1 fully saturated rings. The fraction of sp³-hybridized carbons (Fsp3) is 0.682. The van der Waals surface area contributed by atoms with Crippen LogP contribution in [-0.4, -0.2) is 37.2 Å². The molecule has 1 aromatic carbocycles. The van der Waals surface area contributed by atoms with E-state index in [4.69, 9.17) is 5.73 Å². The van der Waals surface area contributed by atoms with Crippen molar-refractivity contribution in [2.45, 2.75) is 90.4 Å². The van der Waals surface area contributed by atoms with E-state index in [0.29, 0.717) is 11.4 Å². The van der Waals surface area contributed by atoms with Crippen molar-refractivity contribution in [1.82, 2.24) is 25.5 Å². The van der Waals surface area contributed by atoms with Gasteiger partial charge in [0.25, 0.3) is 5.69 Å². The molecular weight excluding hydrogens is 394 g/mol. The Hall–Kier alpha value is -2.39. The molecule has 0 amide bonds. The lowest BCUT2D eigenvalue weighted by Crippen LogP contribution is -2.49. The van der Waals surface area contributed by atoms with Gasteiger partial charge in [-0.1, -0.05) is 51.8 Å². The van der Waals surface area contributed by atoms with Gasteiger partial charge in [-0.25, -0.2) is 4.68 Å². The number of nitro benzene ring substituents is 1. The smallest absolute Gasteiger partial charge is 0.274 e. The normalized spacial score (nSPS) is 21.1. The number of nitrogens with one attached hydrogen (secondary N) is 1. The average molecular weight is 430 g/mol. The number of aromatic nitrogens is 4. The van der Waals surface area contributed by atoms with Crippen LogP contribution in [0.15, 0.2) is 24.3 Å². The summed E-state index contributed by atoms with van der Waals surface area (Å²) < 4.78 is 1.82. The zero-order chi connectivity index (χ0) is 22.8. The standard InChI is InChI=1S/C22H35N7O2/c1-21(2,3)14-22(4,5)28-20(25-26-27-28)19(24-17-12-8-7-11-16(17)23)15-10-6-9-13-18(15)29(30)31/h6,9-10,13,16-17,19,24H,7-8,11-12,14,23H2,1-5H3. The van der Waals surface area contributed by atoms with E-state index in [2.05, 4.69) is 55.5 Å². The van der Waals surface area contributed by atoms with E-state index < -0.39 is 6.04 Å². The van der Waals surface area contributed by atoms with Gasteiger partial charge in [0.2, 0.25) is 0 Å². The summed E-state index contributed by atoms with van der Waals surface area (Å²) in [7, 11) is 0. The Morgan fingerprint density at radius 2 is 1.90 bits per heavy atom. The molecule has 1 saturated carbocycles. The van der Waals surface area contributed by atoms with Gasteiger partial charge in [-0.3, -0.25) is 15.4 Å². The quantitative estimate of drug-likeness (QED) is 0.508. The average Bonchev–Trinajstić information content (AvgIpc) is 3.16. The predicted octanol–water partition coefficient (Wildman–Crippen LogP) is 3.70. The van der Waals surface area contributed by atoms with E-state index in [0.717, 1.165) is 32.1 Å². The monoisotopic (exact) mass is 429 g/mol. The van der Waals surface area contributed by atoms with Gasteiger partial charge in [-0.15, -0.1) is 5.10 Å². The van der Waals surface area contributed by atoms with E-state index in [1.165, 1.54) is 6.07 Å². The van der Waals surface area contributed by atoms with Crippen LogP contribution in [0.2, 0.25) is 0 Å². The minimum absolute atomic E-state index is 0.00839. The van der Waals surface area contributed by atoms with E-state index in [-0.39, 0.29) is 33.6 Å². The number of nitrogens with two attached hydrogens (primary N) is 1. The Bertz CT molecular complexity index is 903. The minimum atomic E-state index is -0.537. The van der Waals surface area contributed by atoms with Gasteiger partial charge in [0.1, 0.15) is 6.04 Å². The van der Waals surface area contributed by atoms with Gasteiger partial charge in [0.15, 0.2) is 5.82 Å². The van der Waals surface area contributed by atoms with Gasteiger partial charge in [0, 0.05) is 18.2 Å². The summed E-state index contributed by atoms with van der Waals surface area (Å²) >= 11 is 0. The van der Waals surface area contributed by atoms with Crippen LogP contribution in [0.5, 0.6) is 0 Å². The first kappa shape index (κ1) is 23.3. The maximum Gasteiger partial charge on any atom is 0.274 e. The fourth-order valence-corrected chi connectivity index (χ4v) is 4.96. The van der Waals surface area contributed by atoms with Crippen LogP contribution in [0.4, 0.5) is 5.69 Å². The highest BCUT2D eigenvalue weighted by atomic mass is 16.6. The van der Waals surface area contributed by atoms with Crippen molar-refractivity contribution in [3.05, 3.63) is 45.8 Å². The van der Waals surface area contributed by atoms with Crippen LogP contribution in [0.3, 0.4) is 0 Å². The van der Waals surface area contributed by atoms with Gasteiger partial charge in [-0.05, 0) is 49.0 Å². The SMILES string of the molecule is CC(C)(C)CC(C)(C)n1nnnc1C(NC1CCCCC1N)c1ccccc1[N+](=O)[O-]. The van der Waals surface area contributed by atoms with Crippen molar-refractivity contribution in [2.24, 2.45) is 11.1 Å². The second kappa shape index (κ2) is 9.00. The first-order valence-corrected chi connectivity index (χ1v) is 11.0. The molecule has 3 N–H and O–H groups in total. The third-order valence-electron chi connectivity index (χ3n) is 5.93. The zero-order valence-corrected chi connectivity index (χ0v) is 19.2. The van der Waals surface area contributed by atoms with Crippen molar-refractivity contribution >= 4 is 5.69 Å². The highest BCUT2D eigenvalue weighted by Gasteiger charge is 2.37. The molecule has 2 aromatic rings. The Balaban J connectivity index is 2.08. The lowest BCUT2D eigenvalue weighted by molar-refractivity contribution is -0.385. The second-order valence-corrected chi connectivity index (χ2v) is 10.5. The van der Waals surface area contributed by atoms with Gasteiger partial charge in [0.05, 0.1) is 16.0 Å². The molecule has 0 radical (unpaired) electrons. The lowest BCUT2D eigenvalue weighted by Gasteiger charge is -2.36.